The van der Waals surface area contributed by atoms with Crippen LogP contribution >= 0.6 is 0 Å². The summed E-state index contributed by atoms with van der Waals surface area (Å²) in [6, 6.07) is 16.9. The average Bonchev–Trinajstić information content (AvgIpc) is 2.68. The van der Waals surface area contributed by atoms with Crippen molar-refractivity contribution in [2.24, 2.45) is 7.05 Å². The van der Waals surface area contributed by atoms with Crippen LogP contribution in [0.4, 0.5) is 0 Å². The Bertz CT molecular complexity index is 921. The normalized spacial score (nSPS) is 10.5. The molecule has 0 atom stereocenters. The molecule has 0 saturated heterocycles. The van der Waals surface area contributed by atoms with Crippen molar-refractivity contribution in [3.8, 4) is 0 Å². The number of nitrogens with zero attached hydrogens (tertiary/aromatic N) is 3. The molecular weight excluding hydrogens is 326 g/mol. The van der Waals surface area contributed by atoms with Crippen LogP contribution in [0.2, 0.25) is 0 Å². The lowest BCUT2D eigenvalue weighted by atomic mass is 10.1. The molecule has 0 fully saturated rings. The van der Waals surface area contributed by atoms with Gasteiger partial charge in [-0.3, -0.25) is 14.6 Å². The number of pyridine rings is 2. The Labute approximate surface area is 152 Å². The molecule has 0 spiro atoms. The number of hydrogen-bond acceptors (Lipinski definition) is 3. The van der Waals surface area contributed by atoms with E-state index in [1.54, 1.807) is 31.7 Å². The van der Waals surface area contributed by atoms with E-state index >= 15 is 0 Å². The monoisotopic (exact) mass is 347 g/mol. The van der Waals surface area contributed by atoms with Gasteiger partial charge in [0.1, 0.15) is 0 Å². The number of benzene rings is 1. The lowest BCUT2D eigenvalue weighted by molar-refractivity contribution is 0.0744. The van der Waals surface area contributed by atoms with E-state index in [0.717, 1.165) is 12.0 Å². The minimum absolute atomic E-state index is 0.0895. The molecule has 0 saturated carbocycles. The first kappa shape index (κ1) is 17.6. The fourth-order valence-corrected chi connectivity index (χ4v) is 2.77. The molecule has 0 aliphatic heterocycles. The molecule has 0 bridgehead atoms. The molecule has 2 aromatic heterocycles. The van der Waals surface area contributed by atoms with Crippen LogP contribution in [-0.4, -0.2) is 26.9 Å². The highest BCUT2D eigenvalue weighted by Gasteiger charge is 2.17. The van der Waals surface area contributed by atoms with E-state index in [2.05, 4.69) is 17.1 Å². The van der Waals surface area contributed by atoms with Gasteiger partial charge in [0.2, 0.25) is 5.56 Å². The maximum atomic E-state index is 13.0. The summed E-state index contributed by atoms with van der Waals surface area (Å²) in [6.45, 7) is 1.09. The molecule has 0 aliphatic rings. The number of amides is 1. The molecule has 1 amide bonds. The number of rotatable bonds is 6. The maximum Gasteiger partial charge on any atom is 0.255 e. The Hall–Kier alpha value is -3.21. The third kappa shape index (κ3) is 4.45. The van der Waals surface area contributed by atoms with Crippen molar-refractivity contribution in [1.29, 1.82) is 0 Å². The number of aryl methyl sites for hydroxylation is 1. The second-order valence-electron chi connectivity index (χ2n) is 6.18. The molecule has 0 aliphatic carbocycles. The van der Waals surface area contributed by atoms with E-state index in [4.69, 9.17) is 0 Å². The van der Waals surface area contributed by atoms with Crippen LogP contribution in [0.3, 0.4) is 0 Å². The van der Waals surface area contributed by atoms with Crippen LogP contribution in [0.25, 0.3) is 0 Å². The van der Waals surface area contributed by atoms with E-state index in [9.17, 15) is 9.59 Å². The highest BCUT2D eigenvalue weighted by Crippen LogP contribution is 2.11. The molecule has 1 aromatic carbocycles. The van der Waals surface area contributed by atoms with Gasteiger partial charge in [-0.25, -0.2) is 0 Å². The van der Waals surface area contributed by atoms with Gasteiger partial charge in [-0.05, 0) is 35.7 Å². The van der Waals surface area contributed by atoms with Crippen LogP contribution in [0.15, 0.2) is 78.0 Å². The second-order valence-corrected chi connectivity index (χ2v) is 6.18. The molecule has 5 heteroatoms. The van der Waals surface area contributed by atoms with Crippen molar-refractivity contribution in [2.75, 3.05) is 6.54 Å². The van der Waals surface area contributed by atoms with Crippen LogP contribution in [0.1, 0.15) is 21.5 Å². The molecule has 3 aromatic rings. The molecule has 5 nitrogen and oxygen atoms in total. The smallest absolute Gasteiger partial charge is 0.255 e. The van der Waals surface area contributed by atoms with Gasteiger partial charge in [-0.15, -0.1) is 0 Å². The van der Waals surface area contributed by atoms with Gasteiger partial charge < -0.3 is 9.47 Å². The Morgan fingerprint density at radius 2 is 1.73 bits per heavy atom. The molecule has 0 unspecified atom stereocenters. The van der Waals surface area contributed by atoms with Crippen molar-refractivity contribution < 1.29 is 4.79 Å². The summed E-state index contributed by atoms with van der Waals surface area (Å²) >= 11 is 0. The van der Waals surface area contributed by atoms with Crippen LogP contribution < -0.4 is 5.56 Å². The van der Waals surface area contributed by atoms with E-state index in [0.29, 0.717) is 18.7 Å². The minimum atomic E-state index is -0.133. The SMILES string of the molecule is Cn1cc(C(=O)N(CCc2ccccc2)Cc2ccncc2)ccc1=O. The summed E-state index contributed by atoms with van der Waals surface area (Å²) in [4.78, 5) is 30.5. The van der Waals surface area contributed by atoms with Crippen molar-refractivity contribution in [3.05, 3.63) is 100 Å². The van der Waals surface area contributed by atoms with Crippen molar-refractivity contribution >= 4 is 5.91 Å². The fourth-order valence-electron chi connectivity index (χ4n) is 2.77. The van der Waals surface area contributed by atoms with Gasteiger partial charge in [0, 0.05) is 44.8 Å². The molecule has 132 valence electrons. The lowest BCUT2D eigenvalue weighted by Gasteiger charge is -2.23. The molecule has 3 rings (SSSR count). The third-order valence-corrected chi connectivity index (χ3v) is 4.26. The van der Waals surface area contributed by atoms with E-state index < -0.39 is 0 Å². The Morgan fingerprint density at radius 3 is 2.42 bits per heavy atom. The standard InChI is InChI=1S/C21H21N3O2/c1-23-16-19(7-8-20(23)25)21(26)24(15-18-9-12-22-13-10-18)14-11-17-5-3-2-4-6-17/h2-10,12-13,16H,11,14-15H2,1H3. The Balaban J connectivity index is 1.82. The average molecular weight is 347 g/mol. The molecular formula is C21H21N3O2. The highest BCUT2D eigenvalue weighted by molar-refractivity contribution is 5.93. The molecule has 2 heterocycles. The minimum Gasteiger partial charge on any atom is -0.334 e. The third-order valence-electron chi connectivity index (χ3n) is 4.26. The van der Waals surface area contributed by atoms with Gasteiger partial charge in [-0.1, -0.05) is 30.3 Å². The van der Waals surface area contributed by atoms with Gasteiger partial charge in [-0.2, -0.15) is 0 Å². The zero-order chi connectivity index (χ0) is 18.4. The number of hydrogen-bond donors (Lipinski definition) is 0. The van der Waals surface area contributed by atoms with E-state index in [-0.39, 0.29) is 11.5 Å². The van der Waals surface area contributed by atoms with E-state index in [1.165, 1.54) is 16.2 Å². The first-order valence-electron chi connectivity index (χ1n) is 8.52. The summed E-state index contributed by atoms with van der Waals surface area (Å²) in [5, 5.41) is 0. The van der Waals surface area contributed by atoms with Crippen LogP contribution in [0.5, 0.6) is 0 Å². The summed E-state index contributed by atoms with van der Waals surface area (Å²) in [5.41, 5.74) is 2.58. The predicted molar refractivity (Wildman–Crippen MR) is 101 cm³/mol. The van der Waals surface area contributed by atoms with Gasteiger partial charge >= 0.3 is 0 Å². The molecule has 0 radical (unpaired) electrons. The quantitative estimate of drug-likeness (QED) is 0.689. The number of carbonyl (C=O) groups excluding carboxylic acids is 1. The second kappa shape index (κ2) is 8.25. The summed E-state index contributed by atoms with van der Waals surface area (Å²) in [6.07, 6.45) is 5.80. The van der Waals surface area contributed by atoms with Crippen molar-refractivity contribution in [3.63, 3.8) is 0 Å². The van der Waals surface area contributed by atoms with Crippen molar-refractivity contribution in [1.82, 2.24) is 14.5 Å². The summed E-state index contributed by atoms with van der Waals surface area (Å²) in [5.74, 6) is -0.0895. The molecule has 26 heavy (non-hydrogen) atoms. The zero-order valence-electron chi connectivity index (χ0n) is 14.7. The largest absolute Gasteiger partial charge is 0.334 e. The Morgan fingerprint density at radius 1 is 1.00 bits per heavy atom. The van der Waals surface area contributed by atoms with Gasteiger partial charge in [0.25, 0.3) is 5.91 Å². The fraction of sp³-hybridized carbons (Fsp3) is 0.190. The highest BCUT2D eigenvalue weighted by atomic mass is 16.2. The molecule has 0 N–H and O–H groups in total. The number of aromatic nitrogens is 2. The topological polar surface area (TPSA) is 55.2 Å². The maximum absolute atomic E-state index is 13.0. The lowest BCUT2D eigenvalue weighted by Crippen LogP contribution is -2.33. The predicted octanol–water partition coefficient (Wildman–Crippen LogP) is 2.67. The Kier molecular flexibility index (Phi) is 5.59. The summed E-state index contributed by atoms with van der Waals surface area (Å²) < 4.78 is 1.43. The summed E-state index contributed by atoms with van der Waals surface area (Å²) in [7, 11) is 1.65. The first-order chi connectivity index (χ1) is 12.6. The van der Waals surface area contributed by atoms with Crippen LogP contribution in [-0.2, 0) is 20.0 Å². The van der Waals surface area contributed by atoms with Crippen LogP contribution in [0, 0.1) is 0 Å². The zero-order valence-corrected chi connectivity index (χ0v) is 14.7. The first-order valence-corrected chi connectivity index (χ1v) is 8.52. The van der Waals surface area contributed by atoms with Crippen molar-refractivity contribution in [2.45, 2.75) is 13.0 Å². The van der Waals surface area contributed by atoms with E-state index in [1.807, 2.05) is 35.2 Å². The van der Waals surface area contributed by atoms with Gasteiger partial charge in [0.05, 0.1) is 5.56 Å². The van der Waals surface area contributed by atoms with Gasteiger partial charge in [0.15, 0.2) is 0 Å². The number of carbonyl (C=O) groups is 1.